The molecule has 0 bridgehead atoms. The molecule has 2 aromatic carbocycles. The predicted molar refractivity (Wildman–Crippen MR) is 111 cm³/mol. The number of pyridine rings is 1. The molecule has 0 saturated carbocycles. The maximum atomic E-state index is 12.7. The maximum absolute atomic E-state index is 12.7. The second-order valence-corrected chi connectivity index (χ2v) is 7.96. The summed E-state index contributed by atoms with van der Waals surface area (Å²) < 4.78 is 5.48. The monoisotopic (exact) mass is 479 g/mol. The average Bonchev–Trinajstić information content (AvgIpc) is 2.74. The summed E-state index contributed by atoms with van der Waals surface area (Å²) in [5.41, 5.74) is 0.0708. The molecule has 0 saturated heterocycles. The van der Waals surface area contributed by atoms with Crippen LogP contribution in [0.4, 0.5) is 0 Å². The summed E-state index contributed by atoms with van der Waals surface area (Å²) in [6.45, 7) is 1.90. The van der Waals surface area contributed by atoms with Crippen molar-refractivity contribution in [3.63, 3.8) is 0 Å². The smallest absolute Gasteiger partial charge is 0.543 e. The van der Waals surface area contributed by atoms with Crippen molar-refractivity contribution in [2.75, 3.05) is 0 Å². The van der Waals surface area contributed by atoms with Crippen LogP contribution in [-0.4, -0.2) is 16.9 Å². The van der Waals surface area contributed by atoms with Gasteiger partial charge in [0.15, 0.2) is 11.2 Å². The Bertz CT molecular complexity index is 1410. The van der Waals surface area contributed by atoms with Gasteiger partial charge in [0.05, 0.1) is 22.6 Å². The van der Waals surface area contributed by atoms with Crippen LogP contribution >= 0.6 is 11.8 Å². The van der Waals surface area contributed by atoms with Crippen molar-refractivity contribution in [3.05, 3.63) is 75.8 Å². The Labute approximate surface area is 237 Å². The van der Waals surface area contributed by atoms with Gasteiger partial charge in [0.1, 0.15) is 11.6 Å². The first-order valence-corrected chi connectivity index (χ1v) is 10.3. The molecule has 2 aromatic heterocycles. The van der Waals surface area contributed by atoms with Crippen LogP contribution in [-0.2, 0) is 6.42 Å². The van der Waals surface area contributed by atoms with Crippen LogP contribution in [0.1, 0.15) is 40.0 Å². The maximum Gasteiger partial charge on any atom is 1.00 e. The Morgan fingerprint density at radius 1 is 1.00 bits per heavy atom. The quantitative estimate of drug-likeness (QED) is 0.204. The fourth-order valence-electron chi connectivity index (χ4n) is 3.40. The van der Waals surface area contributed by atoms with Crippen molar-refractivity contribution in [1.29, 1.82) is 0 Å². The third-order valence-corrected chi connectivity index (χ3v) is 5.80. The van der Waals surface area contributed by atoms with Crippen molar-refractivity contribution in [3.8, 4) is 0 Å². The molecule has 33 heavy (non-hydrogen) atoms. The number of rotatable bonds is 6. The van der Waals surface area contributed by atoms with Crippen LogP contribution < -0.4 is 74.8 Å². The van der Waals surface area contributed by atoms with Gasteiger partial charge < -0.3 is 24.2 Å². The van der Waals surface area contributed by atoms with E-state index in [0.717, 1.165) is 11.0 Å². The van der Waals surface area contributed by atoms with Gasteiger partial charge in [-0.2, -0.15) is 0 Å². The molecule has 0 aliphatic rings. The van der Waals surface area contributed by atoms with Gasteiger partial charge in [0.2, 0.25) is 0 Å². The number of nitrogens with zero attached hydrogens (tertiary/aromatic N) is 1. The SMILES string of the molecule is CCCc1c2nc(C(=O)[O-])cc(Sc3ccccc3)c2cc2c(=O)cc(C(=O)[O-])oc12.[Na+].[Na+]. The zero-order valence-corrected chi connectivity index (χ0v) is 23.2. The van der Waals surface area contributed by atoms with Gasteiger partial charge >= 0.3 is 59.1 Å². The average molecular weight is 479 g/mol. The first-order valence-electron chi connectivity index (χ1n) is 9.49. The summed E-state index contributed by atoms with van der Waals surface area (Å²) in [7, 11) is 0. The topological polar surface area (TPSA) is 123 Å². The third-order valence-electron chi connectivity index (χ3n) is 4.73. The van der Waals surface area contributed by atoms with Crippen LogP contribution in [0.5, 0.6) is 0 Å². The van der Waals surface area contributed by atoms with Gasteiger partial charge in [0.25, 0.3) is 0 Å². The normalized spacial score (nSPS) is 10.5. The molecule has 10 heteroatoms. The number of hydrogen-bond donors (Lipinski definition) is 0. The summed E-state index contributed by atoms with van der Waals surface area (Å²) >= 11 is 1.33. The molecule has 4 rings (SSSR count). The zero-order chi connectivity index (χ0) is 22.1. The van der Waals surface area contributed by atoms with E-state index in [-0.39, 0.29) is 75.8 Å². The molecule has 0 unspecified atom stereocenters. The third kappa shape index (κ3) is 5.71. The van der Waals surface area contributed by atoms with E-state index in [9.17, 15) is 24.6 Å². The molecular weight excluding hydrogens is 464 g/mol. The van der Waals surface area contributed by atoms with Gasteiger partial charge in [-0.1, -0.05) is 43.3 Å². The minimum absolute atomic E-state index is 0. The summed E-state index contributed by atoms with van der Waals surface area (Å²) in [6.07, 6.45) is 1.03. The van der Waals surface area contributed by atoms with Crippen molar-refractivity contribution in [2.24, 2.45) is 0 Å². The first kappa shape index (κ1) is 27.6. The Morgan fingerprint density at radius 2 is 1.70 bits per heavy atom. The van der Waals surface area contributed by atoms with E-state index in [1.165, 1.54) is 17.8 Å². The van der Waals surface area contributed by atoms with Crippen molar-refractivity contribution < 1.29 is 83.3 Å². The van der Waals surface area contributed by atoms with E-state index < -0.39 is 23.1 Å². The number of carboxylic acid groups (broad SMARTS) is 2. The van der Waals surface area contributed by atoms with E-state index in [0.29, 0.717) is 34.2 Å². The molecule has 0 aliphatic carbocycles. The molecule has 0 aliphatic heterocycles. The fourth-order valence-corrected chi connectivity index (χ4v) is 4.39. The summed E-state index contributed by atoms with van der Waals surface area (Å²) in [5.74, 6) is -3.65. The number of aromatic nitrogens is 1. The van der Waals surface area contributed by atoms with Gasteiger partial charge in [-0.15, -0.1) is 0 Å². The molecule has 2 heterocycles. The summed E-state index contributed by atoms with van der Waals surface area (Å²) in [5, 5.41) is 23.7. The minimum atomic E-state index is -1.61. The Hall–Kier alpha value is -1.65. The molecule has 0 fully saturated rings. The Morgan fingerprint density at radius 3 is 2.30 bits per heavy atom. The molecule has 4 aromatic rings. The van der Waals surface area contributed by atoms with Crippen molar-refractivity contribution >= 4 is 45.6 Å². The molecule has 156 valence electrons. The van der Waals surface area contributed by atoms with E-state index in [4.69, 9.17) is 4.42 Å². The van der Waals surface area contributed by atoms with E-state index in [1.807, 2.05) is 37.3 Å². The van der Waals surface area contributed by atoms with Crippen molar-refractivity contribution in [1.82, 2.24) is 4.98 Å². The van der Waals surface area contributed by atoms with Gasteiger partial charge in [0, 0.05) is 26.8 Å². The van der Waals surface area contributed by atoms with Crippen molar-refractivity contribution in [2.45, 2.75) is 29.6 Å². The minimum Gasteiger partial charge on any atom is -0.543 e. The molecule has 0 spiro atoms. The van der Waals surface area contributed by atoms with Gasteiger partial charge in [-0.05, 0) is 30.7 Å². The van der Waals surface area contributed by atoms with Crippen LogP contribution in [0.15, 0.2) is 67.5 Å². The van der Waals surface area contributed by atoms with Crippen LogP contribution in [0, 0.1) is 0 Å². The second-order valence-electron chi connectivity index (χ2n) is 6.85. The van der Waals surface area contributed by atoms with Crippen LogP contribution in [0.25, 0.3) is 21.9 Å². The Kier molecular flexibility index (Phi) is 9.75. The molecule has 0 N–H and O–H groups in total. The number of fused-ring (bicyclic) bond motifs is 2. The Balaban J connectivity index is 0.00000193. The molecule has 0 atom stereocenters. The predicted octanol–water partition coefficient (Wildman–Crippen LogP) is -3.82. The standard InChI is InChI=1S/C23H17NO6S.2Na/c1-2-6-13-20-15(9-14-17(25)11-18(23(28)29)30-21(13)14)19(10-16(24-20)22(26)27)31-12-7-4-3-5-8-12;;/h3-5,7-11H,2,6H2,1H3,(H,26,27)(H,28,29);;/q;2*+1/p-2. The van der Waals surface area contributed by atoms with Crippen LogP contribution in [0.2, 0.25) is 0 Å². The molecule has 0 amide bonds. The number of carbonyl (C=O) groups excluding carboxylic acids is 2. The second kappa shape index (κ2) is 11.7. The number of aryl methyl sites for hydroxylation is 1. The first-order chi connectivity index (χ1) is 14.9. The van der Waals surface area contributed by atoms with E-state index in [2.05, 4.69) is 4.98 Å². The number of benzene rings is 2. The number of carboxylic acids is 2. The molecule has 0 radical (unpaired) electrons. The van der Waals surface area contributed by atoms with E-state index >= 15 is 0 Å². The number of hydrogen-bond acceptors (Lipinski definition) is 8. The largest absolute Gasteiger partial charge is 1.00 e. The number of aromatic carboxylic acids is 2. The van der Waals surface area contributed by atoms with Gasteiger partial charge in [-0.25, -0.2) is 4.98 Å². The molecular formula is C23H15NNa2O6S. The zero-order valence-electron chi connectivity index (χ0n) is 18.3. The fraction of sp³-hybridized carbons (Fsp3) is 0.130. The van der Waals surface area contributed by atoms with E-state index in [1.54, 1.807) is 6.07 Å². The summed E-state index contributed by atoms with van der Waals surface area (Å²) in [6, 6.07) is 13.2. The number of carbonyl (C=O) groups is 2. The van der Waals surface area contributed by atoms with Gasteiger partial charge in [-0.3, -0.25) is 4.79 Å². The van der Waals surface area contributed by atoms with Crippen LogP contribution in [0.3, 0.4) is 0 Å². The molecule has 7 nitrogen and oxygen atoms in total. The summed E-state index contributed by atoms with van der Waals surface area (Å²) in [4.78, 5) is 41.3.